The van der Waals surface area contributed by atoms with E-state index >= 15 is 9.59 Å². The van der Waals surface area contributed by atoms with Crippen molar-refractivity contribution in [2.24, 2.45) is 22.9 Å². The number of nitrogens with two attached hydrogens (primary N) is 4. The van der Waals surface area contributed by atoms with Gasteiger partial charge in [-0.3, -0.25) is 62.3 Å². The molecule has 0 radical (unpaired) electrons. The molecule has 0 fully saturated rings. The topological polar surface area (TPSA) is 542 Å². The first-order valence-electron chi connectivity index (χ1n) is 33.6. The minimum atomic E-state index is -2.06. The van der Waals surface area contributed by atoms with Crippen LogP contribution in [0.15, 0.2) is 152 Å². The van der Waals surface area contributed by atoms with Gasteiger partial charge in [0.25, 0.3) is 0 Å². The lowest BCUT2D eigenvalue weighted by Gasteiger charge is -2.28. The van der Waals surface area contributed by atoms with E-state index in [1.54, 1.807) is 122 Å². The van der Waals surface area contributed by atoms with Crippen LogP contribution in [0.1, 0.15) is 66.3 Å². The van der Waals surface area contributed by atoms with E-state index in [4.69, 9.17) is 22.9 Å². The summed E-state index contributed by atoms with van der Waals surface area (Å²) >= 11 is 0. The summed E-state index contributed by atoms with van der Waals surface area (Å²) in [6, 6.07) is 20.2. The maximum atomic E-state index is 15.3. The van der Waals surface area contributed by atoms with Crippen molar-refractivity contribution in [2.45, 2.75) is 125 Å². The van der Waals surface area contributed by atoms with E-state index in [0.717, 1.165) is 16.5 Å². The van der Waals surface area contributed by atoms with E-state index < -0.39 is 176 Å². The summed E-state index contributed by atoms with van der Waals surface area (Å²) in [5.41, 5.74) is 29.6. The van der Waals surface area contributed by atoms with Gasteiger partial charge in [0.2, 0.25) is 65.0 Å². The fourth-order valence-electron chi connectivity index (χ4n) is 12.6. The molecule has 0 aliphatic rings. The van der Waals surface area contributed by atoms with Gasteiger partial charge in [-0.05, 0) is 77.4 Å². The number of amides is 11. The highest BCUT2D eigenvalue weighted by molar-refractivity contribution is 6.01. The highest BCUT2D eigenvalue weighted by Crippen LogP contribution is 2.25. The van der Waals surface area contributed by atoms with E-state index in [-0.39, 0.29) is 25.7 Å². The summed E-state index contributed by atoms with van der Waals surface area (Å²) in [6.07, 6.45) is 2.60. The van der Waals surface area contributed by atoms with Crippen LogP contribution < -0.4 is 65.5 Å². The van der Waals surface area contributed by atoms with Crippen LogP contribution >= 0.6 is 0 Å². The number of carboxylic acid groups (broad SMARTS) is 2. The van der Waals surface area contributed by atoms with Crippen LogP contribution in [0.2, 0.25) is 0 Å². The van der Waals surface area contributed by atoms with Crippen molar-refractivity contribution in [1.82, 2.24) is 67.5 Å². The van der Waals surface area contributed by atoms with E-state index in [0.29, 0.717) is 65.9 Å². The average Bonchev–Trinajstić information content (AvgIpc) is 1.76. The van der Waals surface area contributed by atoms with Gasteiger partial charge >= 0.3 is 11.9 Å². The number of H-pyrrole nitrogens is 5. The predicted octanol–water partition coefficient (Wildman–Crippen LogP) is 0.778. The largest absolute Gasteiger partial charge is 0.481 e. The number of carbonyl (C=O) groups is 13. The molecular formula is C73H79N17O15. The summed E-state index contributed by atoms with van der Waals surface area (Å²) in [7, 11) is 0. The lowest BCUT2D eigenvalue weighted by atomic mass is 10.0. The number of para-hydroxylation sites is 5. The minimum absolute atomic E-state index is 0.0425. The van der Waals surface area contributed by atoms with Crippen LogP contribution in [-0.2, 0) is 94.4 Å². The Hall–Kier alpha value is -13.1. The second kappa shape index (κ2) is 34.0. The lowest BCUT2D eigenvalue weighted by molar-refractivity contribution is -0.142. The van der Waals surface area contributed by atoms with Crippen molar-refractivity contribution < 1.29 is 72.5 Å². The lowest BCUT2D eigenvalue weighted by Crippen LogP contribution is -2.61. The number of carboxylic acids is 2. The number of aromatic amines is 5. The monoisotopic (exact) mass is 1430 g/mol. The third kappa shape index (κ3) is 19.3. The highest BCUT2D eigenvalue weighted by atomic mass is 16.4. The fraction of sp³-hybridized carbons (Fsp3) is 0.274. The van der Waals surface area contributed by atoms with Crippen LogP contribution in [0, 0.1) is 0 Å². The quantitative estimate of drug-likeness (QED) is 0.0256. The number of benzene rings is 5. The van der Waals surface area contributed by atoms with Gasteiger partial charge in [-0.15, -0.1) is 0 Å². The Morgan fingerprint density at radius 3 is 0.895 bits per heavy atom. The number of hydrogen-bond donors (Lipinski definition) is 19. The second-order valence-electron chi connectivity index (χ2n) is 25.5. The number of fused-ring (bicyclic) bond motifs is 5. The molecule has 5 aromatic heterocycles. The van der Waals surface area contributed by atoms with Crippen molar-refractivity contribution in [3.05, 3.63) is 180 Å². The first kappa shape index (κ1) is 74.6. The van der Waals surface area contributed by atoms with E-state index in [1.165, 1.54) is 6.20 Å². The number of carbonyl (C=O) groups excluding carboxylic acids is 11. The number of hydrogen-bond acceptors (Lipinski definition) is 14. The van der Waals surface area contributed by atoms with Gasteiger partial charge in [0.1, 0.15) is 48.3 Å². The molecule has 105 heavy (non-hydrogen) atoms. The van der Waals surface area contributed by atoms with Gasteiger partial charge in [-0.25, -0.2) is 0 Å². The van der Waals surface area contributed by atoms with Gasteiger partial charge in [0.05, 0.1) is 18.9 Å². The molecule has 9 atom stereocenters. The molecule has 0 saturated heterocycles. The van der Waals surface area contributed by atoms with Crippen LogP contribution in [0.5, 0.6) is 0 Å². The Morgan fingerprint density at radius 1 is 0.305 bits per heavy atom. The zero-order valence-electron chi connectivity index (χ0n) is 56.4. The van der Waals surface area contributed by atoms with E-state index in [9.17, 15) is 63.0 Å². The van der Waals surface area contributed by atoms with Crippen molar-refractivity contribution in [3.8, 4) is 0 Å². The third-order valence-electron chi connectivity index (χ3n) is 18.0. The van der Waals surface area contributed by atoms with Crippen molar-refractivity contribution in [1.29, 1.82) is 0 Å². The molecular weight excluding hydrogens is 1350 g/mol. The maximum Gasteiger partial charge on any atom is 0.305 e. The molecule has 5 aromatic carbocycles. The Kier molecular flexibility index (Phi) is 24.2. The van der Waals surface area contributed by atoms with Crippen LogP contribution in [0.4, 0.5) is 0 Å². The normalized spacial score (nSPS) is 14.0. The number of aromatic nitrogens is 5. The zero-order chi connectivity index (χ0) is 75.0. The number of rotatable bonds is 37. The van der Waals surface area contributed by atoms with Gasteiger partial charge in [0, 0.05) is 124 Å². The summed E-state index contributed by atoms with van der Waals surface area (Å²) in [5.74, 6) is -14.8. The van der Waals surface area contributed by atoms with Gasteiger partial charge in [-0.2, -0.15) is 0 Å². The molecule has 0 aliphatic carbocycles. The van der Waals surface area contributed by atoms with E-state index in [2.05, 4.69) is 67.5 Å². The minimum Gasteiger partial charge on any atom is -0.481 e. The molecule has 0 bridgehead atoms. The molecule has 0 unspecified atom stereocenters. The second-order valence-corrected chi connectivity index (χ2v) is 25.5. The Morgan fingerprint density at radius 2 is 0.571 bits per heavy atom. The fourth-order valence-corrected chi connectivity index (χ4v) is 12.6. The smallest absolute Gasteiger partial charge is 0.305 e. The first-order valence-corrected chi connectivity index (χ1v) is 33.6. The van der Waals surface area contributed by atoms with E-state index in [1.807, 2.05) is 24.3 Å². The van der Waals surface area contributed by atoms with Crippen molar-refractivity contribution in [3.63, 3.8) is 0 Å². The molecule has 11 amide bonds. The zero-order valence-corrected chi connectivity index (χ0v) is 56.4. The number of aliphatic carboxylic acids is 2. The highest BCUT2D eigenvalue weighted by Gasteiger charge is 2.38. The number of primary amides is 3. The molecule has 0 aliphatic heterocycles. The molecule has 546 valence electrons. The molecule has 0 saturated carbocycles. The van der Waals surface area contributed by atoms with Crippen LogP contribution in [-0.4, -0.2) is 166 Å². The summed E-state index contributed by atoms with van der Waals surface area (Å²) in [4.78, 5) is 196. The predicted molar refractivity (Wildman–Crippen MR) is 384 cm³/mol. The van der Waals surface area contributed by atoms with Crippen molar-refractivity contribution in [2.75, 3.05) is 0 Å². The summed E-state index contributed by atoms with van der Waals surface area (Å²) in [5, 5.41) is 43.5. The average molecular weight is 1430 g/mol. The van der Waals surface area contributed by atoms with Gasteiger partial charge in [0.15, 0.2) is 0 Å². The third-order valence-corrected chi connectivity index (χ3v) is 18.0. The molecule has 0 spiro atoms. The molecule has 10 aromatic rings. The summed E-state index contributed by atoms with van der Waals surface area (Å²) in [6.45, 7) is 0. The Bertz CT molecular complexity index is 4930. The van der Waals surface area contributed by atoms with Crippen LogP contribution in [0.25, 0.3) is 54.5 Å². The standard InChI is InChI=1S/C73H79N17O15/c74-47(25-37-32-78-48-16-6-1-11-42(37)48)66(98)86-56(27-39-34-80-50-18-8-3-13-44(39)50)69(101)83-53(21-23-61(75)91)68(100)90-60(31-64(95)96)73(105)88-57(28-40-35-81-51-19-9-4-14-45(40)51)70(102)87-58(29-41-36-82-52-20-10-5-15-46(41)52)71(103)89-59(30-62(76)92)72(104)84-54(22-24-63(93)94)67(99)85-55(65(77)97)26-38-33-79-49-17-7-2-12-43(38)49/h1-20,32-36,47,53-60,78-82H,21-31,74H2,(H2,75,91)(H2,76,92)(H2,77,97)(H,83,101)(H,84,104)(H,85,99)(H,86,98)(H,87,102)(H,88,105)(H,89,103)(H,90,100)(H,93,94)(H,95,96)/t47-,53-,54-,55-,56-,57-,58-,59-,60-/m0/s1. The first-order chi connectivity index (χ1) is 50.3. The Labute approximate surface area is 597 Å². The molecule has 5 heterocycles. The molecule has 10 rings (SSSR count). The van der Waals surface area contributed by atoms with Gasteiger partial charge in [-0.1, -0.05) is 91.0 Å². The Balaban J connectivity index is 0.907. The summed E-state index contributed by atoms with van der Waals surface area (Å²) < 4.78 is 0. The molecule has 32 heteroatoms. The van der Waals surface area contributed by atoms with Gasteiger partial charge < -0.3 is 101 Å². The number of nitrogens with one attached hydrogen (secondary N) is 13. The SMILES string of the molecule is NC(=O)CC[C@H](NC(=O)[C@H](Cc1c[nH]c2ccccc12)NC(=O)[C@@H](N)Cc1c[nH]c2ccccc12)C(=O)N[C@@H](CC(=O)O)C(=O)N[C@@H](Cc1c[nH]c2ccccc12)C(=O)N[C@@H](Cc1c[nH]c2ccccc12)C(=O)N[C@@H](CC(N)=O)C(=O)N[C@@H](CCC(=O)O)C(=O)N[C@@H](Cc1c[nH]c2ccccc12)C(N)=O. The maximum absolute atomic E-state index is 15.3. The van der Waals surface area contributed by atoms with Crippen molar-refractivity contribution >= 4 is 131 Å². The molecule has 23 N–H and O–H groups in total. The van der Waals surface area contributed by atoms with Crippen LogP contribution in [0.3, 0.4) is 0 Å². The molecule has 32 nitrogen and oxygen atoms in total.